The van der Waals surface area contributed by atoms with Crippen LogP contribution in [-0.2, 0) is 10.0 Å². The molecule has 2 aliphatic rings. The van der Waals surface area contributed by atoms with Crippen molar-refractivity contribution >= 4 is 27.5 Å². The standard InChI is InChI=1S/C36H42N6O6S/c1-23-34(24(2)39-38-23)49(45,46)37-17-16-29(27-14-15-31(47-4)32(22-27)48-5)42-35(43)28-12-9-13-30(33(28)36(42)44)41-20-18-40(19-21-41)25(3)26-10-7-6-8-11-26/h6-15,22,25,29,37H,16-21H2,1-5H3,(H,38,39)/t25?,29-/m1/s1. The number of anilines is 1. The second-order valence-corrected chi connectivity index (χ2v) is 14.1. The molecule has 2 amide bonds. The smallest absolute Gasteiger partial charge is 0.264 e. The van der Waals surface area contributed by atoms with Crippen molar-refractivity contribution in [3.05, 3.63) is 100 Å². The number of carbonyl (C=O) groups excluding carboxylic acids is 2. The van der Waals surface area contributed by atoms with Crippen LogP contribution in [0.4, 0.5) is 5.69 Å². The number of carbonyl (C=O) groups is 2. The molecule has 258 valence electrons. The van der Waals surface area contributed by atoms with E-state index in [0.29, 0.717) is 52.7 Å². The summed E-state index contributed by atoms with van der Waals surface area (Å²) in [7, 11) is -0.887. The summed E-state index contributed by atoms with van der Waals surface area (Å²) in [4.78, 5) is 34.5. The molecule has 1 unspecified atom stereocenters. The van der Waals surface area contributed by atoms with Gasteiger partial charge < -0.3 is 14.4 Å². The number of ether oxygens (including phenoxy) is 2. The summed E-state index contributed by atoms with van der Waals surface area (Å²) in [6.07, 6.45) is 0.113. The van der Waals surface area contributed by atoms with E-state index in [1.54, 1.807) is 38.1 Å². The number of nitrogens with zero attached hydrogens (tertiary/aromatic N) is 4. The molecule has 3 aromatic carbocycles. The molecule has 1 saturated heterocycles. The lowest BCUT2D eigenvalue weighted by Gasteiger charge is -2.39. The average molecular weight is 687 g/mol. The Morgan fingerprint density at radius 1 is 0.878 bits per heavy atom. The van der Waals surface area contributed by atoms with Gasteiger partial charge in [-0.3, -0.25) is 24.5 Å². The number of fused-ring (bicyclic) bond motifs is 1. The van der Waals surface area contributed by atoms with Crippen LogP contribution in [0.1, 0.15) is 68.7 Å². The third kappa shape index (κ3) is 6.53. The van der Waals surface area contributed by atoms with Gasteiger partial charge in [-0.2, -0.15) is 5.10 Å². The fourth-order valence-corrected chi connectivity index (χ4v) is 8.38. The summed E-state index contributed by atoms with van der Waals surface area (Å²) in [6, 6.07) is 20.4. The maximum Gasteiger partial charge on any atom is 0.264 e. The maximum absolute atomic E-state index is 14.4. The fraction of sp³-hybridized carbons (Fsp3) is 0.361. The van der Waals surface area contributed by atoms with Crippen molar-refractivity contribution < 1.29 is 27.5 Å². The summed E-state index contributed by atoms with van der Waals surface area (Å²) >= 11 is 0. The van der Waals surface area contributed by atoms with Crippen LogP contribution in [0, 0.1) is 13.8 Å². The summed E-state index contributed by atoms with van der Waals surface area (Å²) in [5.74, 6) is 0.0688. The summed E-state index contributed by atoms with van der Waals surface area (Å²) < 4.78 is 40.2. The number of nitrogens with one attached hydrogen (secondary N) is 2. The second kappa shape index (κ2) is 14.0. The predicted molar refractivity (Wildman–Crippen MR) is 186 cm³/mol. The third-order valence-electron chi connectivity index (χ3n) is 9.55. The molecule has 13 heteroatoms. The Labute approximate surface area is 287 Å². The largest absolute Gasteiger partial charge is 0.493 e. The van der Waals surface area contributed by atoms with Crippen molar-refractivity contribution in [2.45, 2.75) is 44.2 Å². The van der Waals surface area contributed by atoms with E-state index >= 15 is 0 Å². The number of rotatable bonds is 12. The van der Waals surface area contributed by atoms with Gasteiger partial charge in [0.1, 0.15) is 4.90 Å². The molecule has 49 heavy (non-hydrogen) atoms. The highest BCUT2D eigenvalue weighted by Gasteiger charge is 2.43. The lowest BCUT2D eigenvalue weighted by Crippen LogP contribution is -2.47. The van der Waals surface area contributed by atoms with Crippen molar-refractivity contribution in [2.24, 2.45) is 0 Å². The number of amides is 2. The molecule has 2 aliphatic heterocycles. The Kier molecular flexibility index (Phi) is 9.77. The number of aryl methyl sites for hydroxylation is 2. The van der Waals surface area contributed by atoms with Gasteiger partial charge in [0.15, 0.2) is 11.5 Å². The number of sulfonamides is 1. The minimum atomic E-state index is -3.92. The Hall–Kier alpha value is -4.72. The molecule has 0 spiro atoms. The Bertz CT molecular complexity index is 1940. The predicted octanol–water partition coefficient (Wildman–Crippen LogP) is 4.63. The van der Waals surface area contributed by atoms with E-state index in [-0.39, 0.29) is 23.9 Å². The molecule has 0 saturated carbocycles. The van der Waals surface area contributed by atoms with E-state index in [1.165, 1.54) is 24.7 Å². The lowest BCUT2D eigenvalue weighted by molar-refractivity contribution is 0.0575. The minimum absolute atomic E-state index is 0.0484. The summed E-state index contributed by atoms with van der Waals surface area (Å²) in [6.45, 7) is 8.41. The molecule has 12 nitrogen and oxygen atoms in total. The van der Waals surface area contributed by atoms with E-state index in [9.17, 15) is 18.0 Å². The van der Waals surface area contributed by atoms with Gasteiger partial charge in [-0.05, 0) is 62.6 Å². The number of piperazine rings is 1. The zero-order chi connectivity index (χ0) is 34.9. The molecule has 3 heterocycles. The van der Waals surface area contributed by atoms with Gasteiger partial charge in [0.25, 0.3) is 11.8 Å². The van der Waals surface area contributed by atoms with Crippen molar-refractivity contribution in [3.63, 3.8) is 0 Å². The maximum atomic E-state index is 14.4. The zero-order valence-corrected chi connectivity index (χ0v) is 29.2. The summed E-state index contributed by atoms with van der Waals surface area (Å²) in [5.41, 5.74) is 4.06. The van der Waals surface area contributed by atoms with Gasteiger partial charge in [0.2, 0.25) is 10.0 Å². The highest BCUT2D eigenvalue weighted by molar-refractivity contribution is 7.89. The fourth-order valence-electron chi connectivity index (χ4n) is 6.97. The SMILES string of the molecule is COc1ccc([C@@H](CCNS(=O)(=O)c2c(C)n[nH]c2C)N2C(=O)c3cccc(N4CCN(C(C)c5ccccc5)CC4)c3C2=O)cc1OC. The number of hydrogen-bond donors (Lipinski definition) is 2. The molecule has 1 aromatic heterocycles. The molecule has 1 fully saturated rings. The van der Waals surface area contributed by atoms with Gasteiger partial charge in [0, 0.05) is 38.8 Å². The zero-order valence-electron chi connectivity index (χ0n) is 28.4. The molecule has 0 radical (unpaired) electrons. The highest BCUT2D eigenvalue weighted by atomic mass is 32.2. The first kappa shape index (κ1) is 34.2. The molecule has 2 N–H and O–H groups in total. The van der Waals surface area contributed by atoms with E-state index in [4.69, 9.17) is 9.47 Å². The average Bonchev–Trinajstić information content (AvgIpc) is 3.60. The quantitative estimate of drug-likeness (QED) is 0.204. The monoisotopic (exact) mass is 686 g/mol. The number of H-pyrrole nitrogens is 1. The molecule has 6 rings (SSSR count). The van der Waals surface area contributed by atoms with Crippen LogP contribution in [-0.4, -0.2) is 87.2 Å². The molecule has 0 bridgehead atoms. The molecule has 2 atom stereocenters. The topological polar surface area (TPSA) is 137 Å². The van der Waals surface area contributed by atoms with Gasteiger partial charge in [0.05, 0.1) is 48.5 Å². The Morgan fingerprint density at radius 3 is 2.24 bits per heavy atom. The van der Waals surface area contributed by atoms with Crippen LogP contribution in [0.25, 0.3) is 0 Å². The van der Waals surface area contributed by atoms with Crippen LogP contribution < -0.4 is 19.1 Å². The van der Waals surface area contributed by atoms with Gasteiger partial charge in [-0.15, -0.1) is 0 Å². The number of imide groups is 1. The minimum Gasteiger partial charge on any atom is -0.493 e. The van der Waals surface area contributed by atoms with Crippen LogP contribution in [0.15, 0.2) is 71.6 Å². The number of aromatic nitrogens is 2. The summed E-state index contributed by atoms with van der Waals surface area (Å²) in [5, 5.41) is 6.72. The first-order valence-electron chi connectivity index (χ1n) is 16.3. The van der Waals surface area contributed by atoms with Crippen molar-refractivity contribution in [1.82, 2.24) is 24.7 Å². The van der Waals surface area contributed by atoms with E-state index < -0.39 is 27.9 Å². The van der Waals surface area contributed by atoms with Gasteiger partial charge in [-0.1, -0.05) is 42.5 Å². The molecule has 4 aromatic rings. The first-order chi connectivity index (χ1) is 23.6. The van der Waals surface area contributed by atoms with Crippen LogP contribution in [0.2, 0.25) is 0 Å². The van der Waals surface area contributed by atoms with Crippen molar-refractivity contribution in [2.75, 3.05) is 51.8 Å². The van der Waals surface area contributed by atoms with E-state index in [1.807, 2.05) is 18.2 Å². The van der Waals surface area contributed by atoms with Gasteiger partial charge in [-0.25, -0.2) is 13.1 Å². The highest BCUT2D eigenvalue weighted by Crippen LogP contribution is 2.40. The number of benzene rings is 3. The second-order valence-electron chi connectivity index (χ2n) is 12.4. The number of hydrogen-bond acceptors (Lipinski definition) is 9. The molecular formula is C36H42N6O6S. The molecular weight excluding hydrogens is 644 g/mol. The van der Waals surface area contributed by atoms with Crippen LogP contribution >= 0.6 is 0 Å². The van der Waals surface area contributed by atoms with Crippen molar-refractivity contribution in [3.8, 4) is 11.5 Å². The van der Waals surface area contributed by atoms with Crippen molar-refractivity contribution in [1.29, 1.82) is 0 Å². The Balaban J connectivity index is 1.27. The van der Waals surface area contributed by atoms with E-state index in [2.05, 4.69) is 55.9 Å². The number of methoxy groups -OCH3 is 2. The lowest BCUT2D eigenvalue weighted by atomic mass is 10.0. The first-order valence-corrected chi connectivity index (χ1v) is 17.8. The van der Waals surface area contributed by atoms with Gasteiger partial charge >= 0.3 is 0 Å². The normalized spacial score (nSPS) is 16.5. The van der Waals surface area contributed by atoms with Crippen LogP contribution in [0.5, 0.6) is 11.5 Å². The third-order valence-corrected chi connectivity index (χ3v) is 11.3. The van der Waals surface area contributed by atoms with Crippen LogP contribution in [0.3, 0.4) is 0 Å². The van der Waals surface area contributed by atoms with E-state index in [0.717, 1.165) is 18.8 Å². The molecule has 0 aliphatic carbocycles. The number of aromatic amines is 1. The Morgan fingerprint density at radius 2 is 1.59 bits per heavy atom.